The van der Waals surface area contributed by atoms with Crippen LogP contribution in [0.3, 0.4) is 0 Å². The average molecular weight is 169 g/mol. The van der Waals surface area contributed by atoms with E-state index in [0.29, 0.717) is 6.04 Å². The largest absolute Gasteiger partial charge is 0.311 e. The molecule has 12 heavy (non-hydrogen) atoms. The van der Waals surface area contributed by atoms with Crippen molar-refractivity contribution in [2.75, 3.05) is 0 Å². The Morgan fingerprint density at radius 3 is 2.25 bits per heavy atom. The lowest BCUT2D eigenvalue weighted by molar-refractivity contribution is 0.290. The summed E-state index contributed by atoms with van der Waals surface area (Å²) in [4.78, 5) is 0. The first-order valence-electron chi connectivity index (χ1n) is 5.41. The molecule has 1 aliphatic carbocycles. The normalized spacial score (nSPS) is 25.0. The van der Waals surface area contributed by atoms with Crippen LogP contribution in [0.25, 0.3) is 0 Å². The lowest BCUT2D eigenvalue weighted by Gasteiger charge is -2.26. The Morgan fingerprint density at radius 1 is 1.25 bits per heavy atom. The summed E-state index contributed by atoms with van der Waals surface area (Å²) in [7, 11) is 0. The molecule has 0 heterocycles. The molecule has 0 aromatic carbocycles. The van der Waals surface area contributed by atoms with E-state index in [0.717, 1.165) is 17.9 Å². The molecule has 1 aliphatic rings. The first kappa shape index (κ1) is 10.0. The molecule has 1 heteroatoms. The summed E-state index contributed by atoms with van der Waals surface area (Å²) >= 11 is 0. The van der Waals surface area contributed by atoms with E-state index in [1.165, 1.54) is 19.3 Å². The van der Waals surface area contributed by atoms with Gasteiger partial charge in [-0.15, -0.1) is 0 Å². The molecule has 1 rings (SSSR count). The van der Waals surface area contributed by atoms with Gasteiger partial charge in [0.1, 0.15) is 0 Å². The van der Waals surface area contributed by atoms with Gasteiger partial charge >= 0.3 is 0 Å². The molecule has 0 saturated heterocycles. The van der Waals surface area contributed by atoms with Crippen molar-refractivity contribution in [1.82, 2.24) is 5.32 Å². The standard InChI is InChI=1S/C11H23N/c1-5-8(2)9(3)10(4)12-11-6-7-11/h8-12H,5-7H2,1-4H3. The molecule has 1 N–H and O–H groups in total. The molecule has 1 saturated carbocycles. The van der Waals surface area contributed by atoms with Crippen molar-refractivity contribution in [1.29, 1.82) is 0 Å². The highest BCUT2D eigenvalue weighted by atomic mass is 15.0. The van der Waals surface area contributed by atoms with E-state index >= 15 is 0 Å². The summed E-state index contributed by atoms with van der Waals surface area (Å²) in [5.74, 6) is 1.67. The minimum absolute atomic E-state index is 0.701. The van der Waals surface area contributed by atoms with Crippen LogP contribution in [0.4, 0.5) is 0 Å². The molecule has 0 spiro atoms. The Bertz CT molecular complexity index is 129. The minimum atomic E-state index is 0.701. The maximum Gasteiger partial charge on any atom is 0.00708 e. The minimum Gasteiger partial charge on any atom is -0.311 e. The Morgan fingerprint density at radius 2 is 1.83 bits per heavy atom. The molecular weight excluding hydrogens is 146 g/mol. The fourth-order valence-corrected chi connectivity index (χ4v) is 1.64. The first-order valence-corrected chi connectivity index (χ1v) is 5.41. The van der Waals surface area contributed by atoms with Crippen molar-refractivity contribution < 1.29 is 0 Å². The predicted molar refractivity (Wildman–Crippen MR) is 54.2 cm³/mol. The second kappa shape index (κ2) is 4.27. The molecule has 1 nitrogen and oxygen atoms in total. The molecule has 0 amide bonds. The molecule has 0 aliphatic heterocycles. The molecule has 3 atom stereocenters. The van der Waals surface area contributed by atoms with Gasteiger partial charge in [0.15, 0.2) is 0 Å². The second-order valence-electron chi connectivity index (χ2n) is 4.47. The van der Waals surface area contributed by atoms with Crippen LogP contribution in [0.15, 0.2) is 0 Å². The van der Waals surface area contributed by atoms with Crippen LogP contribution >= 0.6 is 0 Å². The lowest BCUT2D eigenvalue weighted by atomic mass is 9.88. The fraction of sp³-hybridized carbons (Fsp3) is 1.00. The van der Waals surface area contributed by atoms with Gasteiger partial charge in [0.2, 0.25) is 0 Å². The molecule has 0 radical (unpaired) electrons. The molecule has 72 valence electrons. The van der Waals surface area contributed by atoms with Crippen molar-refractivity contribution >= 4 is 0 Å². The third kappa shape index (κ3) is 2.78. The third-order valence-corrected chi connectivity index (χ3v) is 3.41. The predicted octanol–water partition coefficient (Wildman–Crippen LogP) is 2.81. The Balaban J connectivity index is 2.23. The van der Waals surface area contributed by atoms with E-state index in [4.69, 9.17) is 0 Å². The smallest absolute Gasteiger partial charge is 0.00708 e. The van der Waals surface area contributed by atoms with E-state index < -0.39 is 0 Å². The van der Waals surface area contributed by atoms with Gasteiger partial charge in [-0.05, 0) is 31.6 Å². The van der Waals surface area contributed by atoms with E-state index in [1.54, 1.807) is 0 Å². The van der Waals surface area contributed by atoms with Crippen LogP contribution in [0.2, 0.25) is 0 Å². The fourth-order valence-electron chi connectivity index (χ4n) is 1.64. The third-order valence-electron chi connectivity index (χ3n) is 3.41. The highest BCUT2D eigenvalue weighted by Gasteiger charge is 2.26. The Labute approximate surface area is 76.9 Å². The quantitative estimate of drug-likeness (QED) is 0.667. The van der Waals surface area contributed by atoms with E-state index in [1.807, 2.05) is 0 Å². The monoisotopic (exact) mass is 169 g/mol. The summed E-state index contributed by atoms with van der Waals surface area (Å²) in [6.07, 6.45) is 4.10. The number of hydrogen-bond acceptors (Lipinski definition) is 1. The van der Waals surface area contributed by atoms with Crippen molar-refractivity contribution in [3.8, 4) is 0 Å². The van der Waals surface area contributed by atoms with Gasteiger partial charge in [0, 0.05) is 12.1 Å². The Kier molecular flexibility index (Phi) is 3.57. The highest BCUT2D eigenvalue weighted by Crippen LogP contribution is 2.24. The van der Waals surface area contributed by atoms with Gasteiger partial charge < -0.3 is 5.32 Å². The Hall–Kier alpha value is -0.0400. The van der Waals surface area contributed by atoms with Crippen LogP contribution in [0.1, 0.15) is 47.0 Å². The highest BCUT2D eigenvalue weighted by molar-refractivity contribution is 4.85. The lowest BCUT2D eigenvalue weighted by Crippen LogP contribution is -2.36. The van der Waals surface area contributed by atoms with Gasteiger partial charge in [-0.3, -0.25) is 0 Å². The van der Waals surface area contributed by atoms with Gasteiger partial charge in [-0.2, -0.15) is 0 Å². The topological polar surface area (TPSA) is 12.0 Å². The zero-order valence-corrected chi connectivity index (χ0v) is 8.93. The first-order chi connectivity index (χ1) is 5.65. The summed E-state index contributed by atoms with van der Waals surface area (Å²) < 4.78 is 0. The molecule has 0 aromatic rings. The van der Waals surface area contributed by atoms with Crippen molar-refractivity contribution in [3.63, 3.8) is 0 Å². The SMILES string of the molecule is CCC(C)C(C)C(C)NC1CC1. The summed E-state index contributed by atoms with van der Waals surface area (Å²) in [6, 6.07) is 1.55. The van der Waals surface area contributed by atoms with Crippen LogP contribution in [0, 0.1) is 11.8 Å². The van der Waals surface area contributed by atoms with Gasteiger partial charge in [-0.25, -0.2) is 0 Å². The molecular formula is C11H23N. The summed E-state index contributed by atoms with van der Waals surface area (Å²) in [5, 5.41) is 3.67. The van der Waals surface area contributed by atoms with Crippen LogP contribution < -0.4 is 5.32 Å². The maximum atomic E-state index is 3.67. The zero-order valence-electron chi connectivity index (χ0n) is 8.93. The van der Waals surface area contributed by atoms with E-state index in [2.05, 4.69) is 33.0 Å². The van der Waals surface area contributed by atoms with Crippen LogP contribution in [0.5, 0.6) is 0 Å². The van der Waals surface area contributed by atoms with E-state index in [-0.39, 0.29) is 0 Å². The van der Waals surface area contributed by atoms with Crippen molar-refractivity contribution in [2.45, 2.75) is 59.0 Å². The second-order valence-corrected chi connectivity index (χ2v) is 4.47. The zero-order chi connectivity index (χ0) is 9.14. The van der Waals surface area contributed by atoms with Gasteiger partial charge in [0.25, 0.3) is 0 Å². The summed E-state index contributed by atoms with van der Waals surface area (Å²) in [5.41, 5.74) is 0. The number of rotatable bonds is 5. The molecule has 0 bridgehead atoms. The van der Waals surface area contributed by atoms with Crippen LogP contribution in [-0.4, -0.2) is 12.1 Å². The number of nitrogens with one attached hydrogen (secondary N) is 1. The molecule has 1 fully saturated rings. The number of hydrogen-bond donors (Lipinski definition) is 1. The van der Waals surface area contributed by atoms with Gasteiger partial charge in [-0.1, -0.05) is 27.2 Å². The van der Waals surface area contributed by atoms with Gasteiger partial charge in [0.05, 0.1) is 0 Å². The van der Waals surface area contributed by atoms with Crippen molar-refractivity contribution in [3.05, 3.63) is 0 Å². The maximum absolute atomic E-state index is 3.67. The molecule has 3 unspecified atom stereocenters. The summed E-state index contributed by atoms with van der Waals surface area (Å²) in [6.45, 7) is 9.34. The average Bonchev–Trinajstić information content (AvgIpc) is 2.85. The van der Waals surface area contributed by atoms with Crippen molar-refractivity contribution in [2.24, 2.45) is 11.8 Å². The molecule has 0 aromatic heterocycles. The van der Waals surface area contributed by atoms with Crippen LogP contribution in [-0.2, 0) is 0 Å². The van der Waals surface area contributed by atoms with E-state index in [9.17, 15) is 0 Å².